The van der Waals surface area contributed by atoms with Crippen LogP contribution in [0.5, 0.6) is 5.75 Å². The highest BCUT2D eigenvalue weighted by Gasteiger charge is 2.27. The maximum absolute atomic E-state index is 12.8. The minimum atomic E-state index is -0.589. The van der Waals surface area contributed by atoms with E-state index in [4.69, 9.17) is 21.1 Å². The highest BCUT2D eigenvalue weighted by molar-refractivity contribution is 7.18. The van der Waals surface area contributed by atoms with E-state index in [1.807, 2.05) is 26.8 Å². The molecule has 0 aliphatic rings. The number of amides is 2. The maximum Gasteiger partial charge on any atom is 0.341 e. The van der Waals surface area contributed by atoms with Crippen molar-refractivity contribution in [3.63, 3.8) is 0 Å². The molecule has 2 rings (SSSR count). The van der Waals surface area contributed by atoms with Crippen molar-refractivity contribution in [1.82, 2.24) is 4.90 Å². The first-order valence-electron chi connectivity index (χ1n) is 10.4. The van der Waals surface area contributed by atoms with Gasteiger partial charge in [-0.1, -0.05) is 11.6 Å². The number of esters is 1. The van der Waals surface area contributed by atoms with Crippen LogP contribution in [-0.4, -0.2) is 49.5 Å². The molecule has 0 radical (unpaired) electrons. The third kappa shape index (κ3) is 6.23. The molecule has 0 atom stereocenters. The lowest BCUT2D eigenvalue weighted by Crippen LogP contribution is -2.30. The van der Waals surface area contributed by atoms with Gasteiger partial charge in [0.15, 0.2) is 0 Å². The SMILES string of the molecule is CCN(CC)C(=O)c1sc(NC(=O)CCCOc2ccc(Cl)cc2C)c(C(=O)OC)c1C. The molecule has 2 aromatic rings. The van der Waals surface area contributed by atoms with Crippen molar-refractivity contribution < 1.29 is 23.9 Å². The zero-order chi connectivity index (χ0) is 23.8. The van der Waals surface area contributed by atoms with Gasteiger partial charge in [-0.25, -0.2) is 4.79 Å². The van der Waals surface area contributed by atoms with Gasteiger partial charge in [0.1, 0.15) is 10.8 Å². The van der Waals surface area contributed by atoms with Crippen molar-refractivity contribution in [2.24, 2.45) is 0 Å². The Bertz CT molecular complexity index is 985. The van der Waals surface area contributed by atoms with Gasteiger partial charge < -0.3 is 19.7 Å². The number of anilines is 1. The van der Waals surface area contributed by atoms with Crippen molar-refractivity contribution in [3.05, 3.63) is 44.8 Å². The first-order chi connectivity index (χ1) is 15.2. The summed E-state index contributed by atoms with van der Waals surface area (Å²) in [5.41, 5.74) is 1.65. The number of rotatable bonds is 10. The van der Waals surface area contributed by atoms with Gasteiger partial charge in [0.25, 0.3) is 5.91 Å². The zero-order valence-corrected chi connectivity index (χ0v) is 20.6. The number of hydrogen-bond acceptors (Lipinski definition) is 6. The molecular formula is C23H29ClN2O5S. The Balaban J connectivity index is 2.06. The maximum atomic E-state index is 12.8. The quantitative estimate of drug-likeness (QED) is 0.378. The van der Waals surface area contributed by atoms with E-state index in [2.05, 4.69) is 5.32 Å². The Hall–Kier alpha value is -2.58. The molecule has 32 heavy (non-hydrogen) atoms. The lowest BCUT2D eigenvalue weighted by Gasteiger charge is -2.17. The molecule has 0 spiro atoms. The summed E-state index contributed by atoms with van der Waals surface area (Å²) < 4.78 is 10.6. The summed E-state index contributed by atoms with van der Waals surface area (Å²) in [6.45, 7) is 8.83. The summed E-state index contributed by atoms with van der Waals surface area (Å²) in [5, 5.41) is 3.73. The number of hydrogen-bond donors (Lipinski definition) is 1. The van der Waals surface area contributed by atoms with Gasteiger partial charge in [-0.3, -0.25) is 9.59 Å². The predicted octanol–water partition coefficient (Wildman–Crippen LogP) is 5.08. The molecule has 0 bridgehead atoms. The summed E-state index contributed by atoms with van der Waals surface area (Å²) in [4.78, 5) is 39.8. The molecule has 2 amide bonds. The molecule has 0 unspecified atom stereocenters. The van der Waals surface area contributed by atoms with Crippen molar-refractivity contribution in [2.45, 2.75) is 40.5 Å². The number of carbonyl (C=O) groups is 3. The van der Waals surface area contributed by atoms with Gasteiger partial charge in [-0.2, -0.15) is 0 Å². The van der Waals surface area contributed by atoms with Crippen molar-refractivity contribution in [1.29, 1.82) is 0 Å². The predicted molar refractivity (Wildman–Crippen MR) is 127 cm³/mol. The number of thiophene rings is 1. The highest BCUT2D eigenvalue weighted by Crippen LogP contribution is 2.34. The second-order valence-electron chi connectivity index (χ2n) is 7.14. The Morgan fingerprint density at radius 1 is 1.16 bits per heavy atom. The molecule has 9 heteroatoms. The summed E-state index contributed by atoms with van der Waals surface area (Å²) in [7, 11) is 1.27. The van der Waals surface area contributed by atoms with E-state index in [-0.39, 0.29) is 23.8 Å². The Labute approximate surface area is 197 Å². The van der Waals surface area contributed by atoms with E-state index in [1.54, 1.807) is 24.0 Å². The lowest BCUT2D eigenvalue weighted by molar-refractivity contribution is -0.116. The van der Waals surface area contributed by atoms with E-state index in [0.29, 0.717) is 46.6 Å². The molecule has 0 fully saturated rings. The molecule has 1 N–H and O–H groups in total. The highest BCUT2D eigenvalue weighted by atomic mass is 35.5. The number of halogens is 1. The lowest BCUT2D eigenvalue weighted by atomic mass is 10.1. The number of nitrogens with one attached hydrogen (secondary N) is 1. The largest absolute Gasteiger partial charge is 0.493 e. The van der Waals surface area contributed by atoms with Crippen LogP contribution in [0.15, 0.2) is 18.2 Å². The normalized spacial score (nSPS) is 10.6. The van der Waals surface area contributed by atoms with E-state index >= 15 is 0 Å². The molecule has 0 aliphatic carbocycles. The minimum Gasteiger partial charge on any atom is -0.493 e. The van der Waals surface area contributed by atoms with Crippen molar-refractivity contribution >= 4 is 45.7 Å². The zero-order valence-electron chi connectivity index (χ0n) is 19.0. The molecular weight excluding hydrogens is 452 g/mol. The van der Waals surface area contributed by atoms with Gasteiger partial charge in [-0.15, -0.1) is 11.3 Å². The van der Waals surface area contributed by atoms with E-state index in [1.165, 1.54) is 7.11 Å². The van der Waals surface area contributed by atoms with Crippen LogP contribution in [0.2, 0.25) is 5.02 Å². The molecule has 1 aromatic heterocycles. The second kappa shape index (κ2) is 11.9. The monoisotopic (exact) mass is 480 g/mol. The van der Waals surface area contributed by atoms with E-state index < -0.39 is 5.97 Å². The molecule has 7 nitrogen and oxygen atoms in total. The molecule has 174 valence electrons. The fourth-order valence-electron chi connectivity index (χ4n) is 3.19. The van der Waals surface area contributed by atoms with Crippen LogP contribution in [0, 0.1) is 13.8 Å². The molecule has 0 saturated heterocycles. The van der Waals surface area contributed by atoms with Crippen LogP contribution in [0.1, 0.15) is 57.8 Å². The second-order valence-corrected chi connectivity index (χ2v) is 8.60. The summed E-state index contributed by atoms with van der Waals surface area (Å²) in [5.74, 6) is -0.310. The number of ether oxygens (including phenoxy) is 2. The van der Waals surface area contributed by atoms with Gasteiger partial charge in [-0.05, 0) is 63.4 Å². The van der Waals surface area contributed by atoms with Gasteiger partial charge >= 0.3 is 5.97 Å². The van der Waals surface area contributed by atoms with Crippen LogP contribution in [-0.2, 0) is 9.53 Å². The summed E-state index contributed by atoms with van der Waals surface area (Å²) in [6.07, 6.45) is 0.681. The average Bonchev–Trinajstić information content (AvgIpc) is 3.08. The van der Waals surface area contributed by atoms with Crippen molar-refractivity contribution in [3.8, 4) is 5.75 Å². The number of methoxy groups -OCH3 is 1. The fourth-order valence-corrected chi connectivity index (χ4v) is 4.59. The Morgan fingerprint density at radius 3 is 2.44 bits per heavy atom. The van der Waals surface area contributed by atoms with Crippen LogP contribution in [0.3, 0.4) is 0 Å². The van der Waals surface area contributed by atoms with Crippen LogP contribution >= 0.6 is 22.9 Å². The standard InChI is InChI=1S/C23H29ClN2O5S/c1-6-26(7-2)22(28)20-15(4)19(23(29)30-5)21(32-20)25-18(27)9-8-12-31-17-11-10-16(24)13-14(17)3/h10-11,13H,6-9,12H2,1-5H3,(H,25,27). The number of carbonyl (C=O) groups excluding carboxylic acids is 3. The Morgan fingerprint density at radius 2 is 1.84 bits per heavy atom. The fraction of sp³-hybridized carbons (Fsp3) is 0.435. The topological polar surface area (TPSA) is 84.9 Å². The number of aryl methyl sites for hydroxylation is 1. The summed E-state index contributed by atoms with van der Waals surface area (Å²) in [6, 6.07) is 5.36. The molecule has 1 aromatic carbocycles. The minimum absolute atomic E-state index is 0.171. The summed E-state index contributed by atoms with van der Waals surface area (Å²) >= 11 is 7.04. The third-order valence-electron chi connectivity index (χ3n) is 4.98. The van der Waals surface area contributed by atoms with E-state index in [9.17, 15) is 14.4 Å². The van der Waals surface area contributed by atoms with Crippen molar-refractivity contribution in [2.75, 3.05) is 32.1 Å². The number of benzene rings is 1. The molecule has 0 saturated carbocycles. The Kier molecular flexibility index (Phi) is 9.53. The van der Waals surface area contributed by atoms with Crippen LogP contribution < -0.4 is 10.1 Å². The first kappa shape index (κ1) is 25.7. The van der Waals surface area contributed by atoms with Gasteiger partial charge in [0.2, 0.25) is 5.91 Å². The smallest absolute Gasteiger partial charge is 0.341 e. The molecule has 1 heterocycles. The molecule has 0 aliphatic heterocycles. The van der Waals surface area contributed by atoms with Crippen LogP contribution in [0.4, 0.5) is 5.00 Å². The number of nitrogens with zero attached hydrogens (tertiary/aromatic N) is 1. The van der Waals surface area contributed by atoms with Gasteiger partial charge in [0, 0.05) is 24.5 Å². The van der Waals surface area contributed by atoms with Crippen LogP contribution in [0.25, 0.3) is 0 Å². The third-order valence-corrected chi connectivity index (χ3v) is 6.41. The first-order valence-corrected chi connectivity index (χ1v) is 11.6. The van der Waals surface area contributed by atoms with Gasteiger partial charge in [0.05, 0.1) is 24.2 Å². The average molecular weight is 481 g/mol. The van der Waals surface area contributed by atoms with E-state index in [0.717, 1.165) is 22.6 Å².